The normalized spacial score (nSPS) is 16.8. The summed E-state index contributed by atoms with van der Waals surface area (Å²) in [5, 5.41) is 0. The summed E-state index contributed by atoms with van der Waals surface area (Å²) >= 11 is 0. The van der Waals surface area contributed by atoms with Crippen LogP contribution in [0.2, 0.25) is 0 Å². The van der Waals surface area contributed by atoms with Crippen LogP contribution in [-0.4, -0.2) is 29.3 Å². The summed E-state index contributed by atoms with van der Waals surface area (Å²) in [5.74, 6) is -1.28. The van der Waals surface area contributed by atoms with Crippen molar-refractivity contribution in [2.75, 3.05) is 13.1 Å². The number of rotatable bonds is 4. The van der Waals surface area contributed by atoms with E-state index in [0.717, 1.165) is 32.0 Å². The van der Waals surface area contributed by atoms with E-state index >= 15 is 0 Å². The topological polar surface area (TPSA) is 20.3 Å². The molecule has 104 valence electrons. The Labute approximate surface area is 112 Å². The van der Waals surface area contributed by atoms with Crippen molar-refractivity contribution in [3.8, 4) is 0 Å². The fraction of sp³-hybridized carbons (Fsp3) is 0.533. The molecule has 1 aromatic carbocycles. The lowest BCUT2D eigenvalue weighted by molar-refractivity contribution is -0.128. The third-order valence-electron chi connectivity index (χ3n) is 3.87. The predicted octanol–water partition coefficient (Wildman–Crippen LogP) is 2.95. The van der Waals surface area contributed by atoms with Gasteiger partial charge in [0, 0.05) is 12.5 Å². The Balaban J connectivity index is 2.11. The smallest absolute Gasteiger partial charge is 0.156 e. The maximum atomic E-state index is 13.1. The van der Waals surface area contributed by atoms with Crippen LogP contribution in [0.3, 0.4) is 0 Å². The lowest BCUT2D eigenvalue weighted by Gasteiger charge is -2.34. The Morgan fingerprint density at radius 2 is 1.68 bits per heavy atom. The van der Waals surface area contributed by atoms with Crippen LogP contribution in [0.15, 0.2) is 18.2 Å². The first-order valence-electron chi connectivity index (χ1n) is 6.63. The fourth-order valence-corrected chi connectivity index (χ4v) is 2.57. The summed E-state index contributed by atoms with van der Waals surface area (Å²) < 4.78 is 26.2. The monoisotopic (exact) mass is 267 g/mol. The molecule has 1 saturated heterocycles. The van der Waals surface area contributed by atoms with Gasteiger partial charge < -0.3 is 0 Å². The number of benzene rings is 1. The average Bonchev–Trinajstić information content (AvgIpc) is 2.80. The van der Waals surface area contributed by atoms with Crippen LogP contribution < -0.4 is 0 Å². The van der Waals surface area contributed by atoms with Crippen LogP contribution >= 0.6 is 0 Å². The van der Waals surface area contributed by atoms with Crippen LogP contribution in [0.4, 0.5) is 8.78 Å². The Morgan fingerprint density at radius 1 is 1.16 bits per heavy atom. The fourth-order valence-electron chi connectivity index (χ4n) is 2.57. The predicted molar refractivity (Wildman–Crippen MR) is 70.0 cm³/mol. The van der Waals surface area contributed by atoms with E-state index in [4.69, 9.17) is 0 Å². The quantitative estimate of drug-likeness (QED) is 0.836. The Morgan fingerprint density at radius 3 is 2.21 bits per heavy atom. The van der Waals surface area contributed by atoms with E-state index in [0.29, 0.717) is 5.56 Å². The second-order valence-electron chi connectivity index (χ2n) is 5.63. The maximum absolute atomic E-state index is 13.1. The third kappa shape index (κ3) is 3.18. The van der Waals surface area contributed by atoms with Gasteiger partial charge in [0.1, 0.15) is 11.6 Å². The molecule has 4 heteroatoms. The molecule has 1 aliphatic heterocycles. The SMILES string of the molecule is CC(C)(C(=O)Cc1cc(F)cc(F)c1)N1CCCC1. The number of carbonyl (C=O) groups excluding carboxylic acids is 1. The van der Waals surface area contributed by atoms with Gasteiger partial charge >= 0.3 is 0 Å². The molecule has 1 aliphatic rings. The summed E-state index contributed by atoms with van der Waals surface area (Å²) in [4.78, 5) is 14.5. The number of Topliss-reactive ketones (excluding diaryl/α,β-unsaturated/α-hetero) is 1. The summed E-state index contributed by atoms with van der Waals surface area (Å²) in [7, 11) is 0. The lowest BCUT2D eigenvalue weighted by atomic mass is 9.92. The molecule has 1 heterocycles. The number of nitrogens with zero attached hydrogens (tertiary/aromatic N) is 1. The van der Waals surface area contributed by atoms with E-state index in [1.165, 1.54) is 12.1 Å². The largest absolute Gasteiger partial charge is 0.297 e. The molecule has 2 nitrogen and oxygen atoms in total. The molecule has 1 aromatic rings. The molecule has 0 atom stereocenters. The summed E-state index contributed by atoms with van der Waals surface area (Å²) in [5.41, 5.74) is -0.172. The van der Waals surface area contributed by atoms with Crippen molar-refractivity contribution in [3.05, 3.63) is 35.4 Å². The van der Waals surface area contributed by atoms with E-state index in [1.807, 2.05) is 13.8 Å². The second kappa shape index (κ2) is 5.37. The molecule has 0 radical (unpaired) electrons. The molecular weight excluding hydrogens is 248 g/mol. The van der Waals surface area contributed by atoms with Crippen molar-refractivity contribution in [1.82, 2.24) is 4.90 Å². The van der Waals surface area contributed by atoms with E-state index in [1.54, 1.807) is 0 Å². The van der Waals surface area contributed by atoms with Crippen molar-refractivity contribution in [3.63, 3.8) is 0 Å². The lowest BCUT2D eigenvalue weighted by Crippen LogP contribution is -2.49. The number of halogens is 2. The number of carbonyl (C=O) groups is 1. The van der Waals surface area contributed by atoms with E-state index < -0.39 is 17.2 Å². The minimum atomic E-state index is -0.637. The standard InChI is InChI=1S/C15H19F2NO/c1-15(2,18-5-3-4-6-18)14(19)9-11-7-12(16)10-13(17)8-11/h7-8,10H,3-6,9H2,1-2H3. The Hall–Kier alpha value is -1.29. The van der Waals surface area contributed by atoms with Gasteiger partial charge in [0.25, 0.3) is 0 Å². The van der Waals surface area contributed by atoms with Crippen molar-refractivity contribution in [2.45, 2.75) is 38.6 Å². The van der Waals surface area contributed by atoms with Crippen LogP contribution in [0.5, 0.6) is 0 Å². The molecule has 1 fully saturated rings. The molecule has 0 unspecified atom stereocenters. The molecule has 0 aliphatic carbocycles. The molecule has 0 aromatic heterocycles. The van der Waals surface area contributed by atoms with Crippen LogP contribution in [0, 0.1) is 11.6 Å². The molecular formula is C15H19F2NO. The minimum absolute atomic E-state index is 0.000556. The molecule has 0 spiro atoms. The van der Waals surface area contributed by atoms with Gasteiger partial charge in [-0.25, -0.2) is 8.78 Å². The Kier molecular flexibility index (Phi) is 3.99. The van der Waals surface area contributed by atoms with E-state index in [-0.39, 0.29) is 12.2 Å². The average molecular weight is 267 g/mol. The zero-order valence-electron chi connectivity index (χ0n) is 11.4. The van der Waals surface area contributed by atoms with Gasteiger partial charge in [-0.05, 0) is 57.5 Å². The van der Waals surface area contributed by atoms with Gasteiger partial charge in [-0.15, -0.1) is 0 Å². The third-order valence-corrected chi connectivity index (χ3v) is 3.87. The summed E-state index contributed by atoms with van der Waals surface area (Å²) in [6.07, 6.45) is 2.27. The van der Waals surface area contributed by atoms with Gasteiger partial charge in [-0.1, -0.05) is 0 Å². The van der Waals surface area contributed by atoms with Gasteiger partial charge in [0.05, 0.1) is 5.54 Å². The van der Waals surface area contributed by atoms with E-state index in [2.05, 4.69) is 4.90 Å². The van der Waals surface area contributed by atoms with Crippen LogP contribution in [0.1, 0.15) is 32.3 Å². The highest BCUT2D eigenvalue weighted by molar-refractivity contribution is 5.89. The van der Waals surface area contributed by atoms with Crippen molar-refractivity contribution >= 4 is 5.78 Å². The zero-order chi connectivity index (χ0) is 14.0. The first kappa shape index (κ1) is 14.1. The van der Waals surface area contributed by atoms with Crippen molar-refractivity contribution in [1.29, 1.82) is 0 Å². The second-order valence-corrected chi connectivity index (χ2v) is 5.63. The highest BCUT2D eigenvalue weighted by Crippen LogP contribution is 2.23. The van der Waals surface area contributed by atoms with Gasteiger partial charge in [0.15, 0.2) is 5.78 Å². The number of hydrogen-bond donors (Lipinski definition) is 0. The molecule has 0 amide bonds. The molecule has 2 rings (SSSR count). The Bertz CT molecular complexity index is 459. The molecule has 0 N–H and O–H groups in total. The summed E-state index contributed by atoms with van der Waals surface area (Å²) in [6.45, 7) is 5.60. The van der Waals surface area contributed by atoms with Crippen molar-refractivity contribution in [2.24, 2.45) is 0 Å². The molecule has 19 heavy (non-hydrogen) atoms. The highest BCUT2D eigenvalue weighted by Gasteiger charge is 2.35. The molecule has 0 bridgehead atoms. The first-order valence-corrected chi connectivity index (χ1v) is 6.63. The van der Waals surface area contributed by atoms with Gasteiger partial charge in [-0.2, -0.15) is 0 Å². The zero-order valence-corrected chi connectivity index (χ0v) is 11.4. The van der Waals surface area contributed by atoms with Crippen LogP contribution in [-0.2, 0) is 11.2 Å². The van der Waals surface area contributed by atoms with Gasteiger partial charge in [-0.3, -0.25) is 9.69 Å². The number of likely N-dealkylation sites (tertiary alicyclic amines) is 1. The summed E-state index contributed by atoms with van der Waals surface area (Å²) in [6, 6.07) is 3.27. The van der Waals surface area contributed by atoms with Crippen molar-refractivity contribution < 1.29 is 13.6 Å². The maximum Gasteiger partial charge on any atom is 0.156 e. The number of ketones is 1. The van der Waals surface area contributed by atoms with Crippen LogP contribution in [0.25, 0.3) is 0 Å². The highest BCUT2D eigenvalue weighted by atomic mass is 19.1. The molecule has 0 saturated carbocycles. The number of hydrogen-bond acceptors (Lipinski definition) is 2. The van der Waals surface area contributed by atoms with E-state index in [9.17, 15) is 13.6 Å². The minimum Gasteiger partial charge on any atom is -0.297 e. The first-order chi connectivity index (χ1) is 8.89. The van der Waals surface area contributed by atoms with Gasteiger partial charge in [0.2, 0.25) is 0 Å².